The van der Waals surface area contributed by atoms with E-state index in [-0.39, 0.29) is 10.9 Å². The van der Waals surface area contributed by atoms with E-state index in [2.05, 4.69) is 14.9 Å². The Balaban J connectivity index is 1.81. The Kier molecular flexibility index (Phi) is 6.89. The Morgan fingerprint density at radius 3 is 2.58 bits per heavy atom. The number of nitrogens with one attached hydrogen (secondary N) is 2. The zero-order valence-corrected chi connectivity index (χ0v) is 15.4. The van der Waals surface area contributed by atoms with Gasteiger partial charge in [0.25, 0.3) is 5.91 Å². The number of hydrogen-bond donors (Lipinski definition) is 2. The van der Waals surface area contributed by atoms with Gasteiger partial charge in [-0.15, -0.1) is 0 Å². The van der Waals surface area contributed by atoms with E-state index in [4.69, 9.17) is 11.6 Å². The van der Waals surface area contributed by atoms with Crippen molar-refractivity contribution in [2.75, 3.05) is 37.2 Å². The molecule has 1 heterocycles. The monoisotopic (exact) mass is 373 g/mol. The second kappa shape index (κ2) is 8.69. The van der Waals surface area contributed by atoms with Crippen LogP contribution in [-0.4, -0.2) is 51.7 Å². The molecule has 1 aliphatic rings. The smallest absolute Gasteiger partial charge is 0.252 e. The Morgan fingerprint density at radius 1 is 1.25 bits per heavy atom. The zero-order valence-electron chi connectivity index (χ0n) is 13.8. The molecule has 6 nitrogen and oxygen atoms in total. The van der Waals surface area contributed by atoms with Gasteiger partial charge in [-0.1, -0.05) is 18.0 Å². The minimum absolute atomic E-state index is 0.220. The van der Waals surface area contributed by atoms with Gasteiger partial charge in [-0.05, 0) is 57.1 Å². The normalized spacial score (nSPS) is 15.9. The number of anilines is 1. The first kappa shape index (κ1) is 19.0. The maximum absolute atomic E-state index is 12.2. The molecule has 2 N–H and O–H groups in total. The second-order valence-electron chi connectivity index (χ2n) is 6.08. The Labute approximate surface area is 148 Å². The van der Waals surface area contributed by atoms with E-state index in [9.17, 15) is 13.2 Å². The summed E-state index contributed by atoms with van der Waals surface area (Å²) in [5.41, 5.74) is 0.679. The number of benzene rings is 1. The van der Waals surface area contributed by atoms with Crippen LogP contribution in [0.1, 0.15) is 36.0 Å². The van der Waals surface area contributed by atoms with Crippen LogP contribution in [0.15, 0.2) is 18.2 Å². The average molecular weight is 374 g/mol. The van der Waals surface area contributed by atoms with Crippen LogP contribution in [0, 0.1) is 0 Å². The minimum atomic E-state index is -3.37. The molecule has 0 unspecified atom stereocenters. The summed E-state index contributed by atoms with van der Waals surface area (Å²) < 4.78 is 24.7. The molecule has 1 aromatic rings. The Bertz CT molecular complexity index is 673. The van der Waals surface area contributed by atoms with Gasteiger partial charge in [-0.2, -0.15) is 0 Å². The van der Waals surface area contributed by atoms with Crippen molar-refractivity contribution in [3.05, 3.63) is 28.8 Å². The number of likely N-dealkylation sites (tertiary alicyclic amines) is 1. The first-order valence-electron chi connectivity index (χ1n) is 8.13. The lowest BCUT2D eigenvalue weighted by atomic mass is 10.1. The SMILES string of the molecule is CS(=O)(=O)Nc1ccc(C(=O)NCCCN2CCCCC2)c(Cl)c1. The molecule has 134 valence electrons. The standard InChI is InChI=1S/C16H24ClN3O3S/c1-24(22,23)19-13-6-7-14(15(17)12-13)16(21)18-8-5-11-20-9-3-2-4-10-20/h6-7,12,19H,2-5,8-11H2,1H3,(H,18,21). The number of piperidine rings is 1. The molecule has 1 amide bonds. The number of rotatable bonds is 7. The molecule has 1 saturated heterocycles. The van der Waals surface area contributed by atoms with E-state index >= 15 is 0 Å². The third-order valence-corrected chi connectivity index (χ3v) is 4.82. The number of sulfonamides is 1. The summed E-state index contributed by atoms with van der Waals surface area (Å²) in [7, 11) is -3.37. The van der Waals surface area contributed by atoms with E-state index in [1.54, 1.807) is 0 Å². The van der Waals surface area contributed by atoms with E-state index in [0.29, 0.717) is 17.8 Å². The van der Waals surface area contributed by atoms with Crippen molar-refractivity contribution in [2.45, 2.75) is 25.7 Å². The van der Waals surface area contributed by atoms with Crippen molar-refractivity contribution in [3.63, 3.8) is 0 Å². The van der Waals surface area contributed by atoms with Crippen molar-refractivity contribution < 1.29 is 13.2 Å². The molecule has 0 bridgehead atoms. The van der Waals surface area contributed by atoms with E-state index in [0.717, 1.165) is 32.3 Å². The molecular formula is C16H24ClN3O3S. The fraction of sp³-hybridized carbons (Fsp3) is 0.562. The lowest BCUT2D eigenvalue weighted by molar-refractivity contribution is 0.0951. The second-order valence-corrected chi connectivity index (χ2v) is 8.24. The fourth-order valence-electron chi connectivity index (χ4n) is 2.76. The van der Waals surface area contributed by atoms with Crippen LogP contribution in [0.2, 0.25) is 5.02 Å². The van der Waals surface area contributed by atoms with Crippen molar-refractivity contribution in [1.29, 1.82) is 0 Å². The van der Waals surface area contributed by atoms with Gasteiger partial charge in [0.2, 0.25) is 10.0 Å². The molecule has 24 heavy (non-hydrogen) atoms. The van der Waals surface area contributed by atoms with Crippen LogP contribution < -0.4 is 10.0 Å². The maximum Gasteiger partial charge on any atom is 0.252 e. The fourth-order valence-corrected chi connectivity index (χ4v) is 3.58. The number of halogens is 1. The summed E-state index contributed by atoms with van der Waals surface area (Å²) in [6, 6.07) is 4.48. The van der Waals surface area contributed by atoms with Gasteiger partial charge in [0.1, 0.15) is 0 Å². The predicted molar refractivity (Wildman–Crippen MR) is 97.2 cm³/mol. The third kappa shape index (κ3) is 6.30. The van der Waals surface area contributed by atoms with Crippen LogP contribution >= 0.6 is 11.6 Å². The molecule has 2 rings (SSSR count). The molecule has 0 atom stereocenters. The topological polar surface area (TPSA) is 78.5 Å². The summed E-state index contributed by atoms with van der Waals surface area (Å²) in [5.74, 6) is -0.246. The largest absolute Gasteiger partial charge is 0.352 e. The van der Waals surface area contributed by atoms with Crippen molar-refractivity contribution in [3.8, 4) is 0 Å². The van der Waals surface area contributed by atoms with Crippen LogP contribution in [0.25, 0.3) is 0 Å². The molecule has 1 aliphatic heterocycles. The first-order valence-corrected chi connectivity index (χ1v) is 10.4. The number of carbonyl (C=O) groups is 1. The molecule has 1 aromatic carbocycles. The van der Waals surface area contributed by atoms with Gasteiger partial charge < -0.3 is 10.2 Å². The maximum atomic E-state index is 12.2. The number of hydrogen-bond acceptors (Lipinski definition) is 4. The molecule has 0 aliphatic carbocycles. The van der Waals surface area contributed by atoms with Crippen LogP contribution in [0.4, 0.5) is 5.69 Å². The van der Waals surface area contributed by atoms with E-state index in [1.807, 2.05) is 0 Å². The van der Waals surface area contributed by atoms with Crippen molar-refractivity contribution in [1.82, 2.24) is 10.2 Å². The summed E-state index contributed by atoms with van der Waals surface area (Å²) in [6.07, 6.45) is 5.79. The molecule has 0 spiro atoms. The van der Waals surface area contributed by atoms with Gasteiger partial charge >= 0.3 is 0 Å². The van der Waals surface area contributed by atoms with Crippen molar-refractivity contribution >= 4 is 33.2 Å². The lowest BCUT2D eigenvalue weighted by Gasteiger charge is -2.26. The Hall–Kier alpha value is -1.31. The number of nitrogens with zero attached hydrogens (tertiary/aromatic N) is 1. The lowest BCUT2D eigenvalue weighted by Crippen LogP contribution is -2.33. The zero-order chi connectivity index (χ0) is 17.6. The molecular weight excluding hydrogens is 350 g/mol. The van der Waals surface area contributed by atoms with Crippen molar-refractivity contribution in [2.24, 2.45) is 0 Å². The van der Waals surface area contributed by atoms with Gasteiger partial charge in [0.15, 0.2) is 0 Å². The number of amides is 1. The van der Waals surface area contributed by atoms with E-state index in [1.165, 1.54) is 37.5 Å². The summed E-state index contributed by atoms with van der Waals surface area (Å²) in [5, 5.41) is 3.08. The highest BCUT2D eigenvalue weighted by atomic mass is 35.5. The minimum Gasteiger partial charge on any atom is -0.352 e. The van der Waals surface area contributed by atoms with Gasteiger partial charge in [0.05, 0.1) is 16.8 Å². The highest BCUT2D eigenvalue weighted by Crippen LogP contribution is 2.21. The quantitative estimate of drug-likeness (QED) is 0.719. The van der Waals surface area contributed by atoms with Gasteiger partial charge in [-0.25, -0.2) is 8.42 Å². The molecule has 0 saturated carbocycles. The average Bonchev–Trinajstić information content (AvgIpc) is 2.51. The number of carbonyl (C=O) groups excluding carboxylic acids is 1. The third-order valence-electron chi connectivity index (χ3n) is 3.90. The highest BCUT2D eigenvalue weighted by molar-refractivity contribution is 7.92. The van der Waals surface area contributed by atoms with Gasteiger partial charge in [0, 0.05) is 12.2 Å². The Morgan fingerprint density at radius 2 is 1.96 bits per heavy atom. The summed E-state index contributed by atoms with van der Waals surface area (Å²) >= 11 is 6.08. The molecule has 8 heteroatoms. The molecule has 0 radical (unpaired) electrons. The van der Waals surface area contributed by atoms with Gasteiger partial charge in [-0.3, -0.25) is 9.52 Å². The van der Waals surface area contributed by atoms with Crippen LogP contribution in [0.5, 0.6) is 0 Å². The van der Waals surface area contributed by atoms with Crippen LogP contribution in [0.3, 0.4) is 0 Å². The molecule has 1 fully saturated rings. The first-order chi connectivity index (χ1) is 11.3. The highest BCUT2D eigenvalue weighted by Gasteiger charge is 2.13. The van der Waals surface area contributed by atoms with Crippen LogP contribution in [-0.2, 0) is 10.0 Å². The summed E-state index contributed by atoms with van der Waals surface area (Å²) in [4.78, 5) is 14.6. The molecule has 0 aromatic heterocycles. The predicted octanol–water partition coefficient (Wildman–Crippen LogP) is 2.32. The van der Waals surface area contributed by atoms with E-state index < -0.39 is 10.0 Å². The summed E-state index contributed by atoms with van der Waals surface area (Å²) in [6.45, 7) is 3.88.